The van der Waals surface area contributed by atoms with Crippen molar-refractivity contribution in [3.8, 4) is 0 Å². The average Bonchev–Trinajstić information content (AvgIpc) is 2.28. The summed E-state index contributed by atoms with van der Waals surface area (Å²) in [6, 6.07) is 7.89. The van der Waals surface area contributed by atoms with E-state index in [1.165, 1.54) is 0 Å². The van der Waals surface area contributed by atoms with Gasteiger partial charge in [0.1, 0.15) is 0 Å². The van der Waals surface area contributed by atoms with E-state index in [1.54, 1.807) is 0 Å². The average molecular weight is 345 g/mol. The van der Waals surface area contributed by atoms with Crippen LogP contribution in [0.15, 0.2) is 24.3 Å². The fraction of sp³-hybridized carbons (Fsp3) is 0.500. The van der Waals surface area contributed by atoms with Crippen molar-refractivity contribution in [3.63, 3.8) is 0 Å². The van der Waals surface area contributed by atoms with Crippen LogP contribution in [0.1, 0.15) is 44.0 Å². The summed E-state index contributed by atoms with van der Waals surface area (Å²) in [5.41, 5.74) is 0.743. The summed E-state index contributed by atoms with van der Waals surface area (Å²) in [7, 11) is 0. The van der Waals surface area contributed by atoms with Crippen LogP contribution in [-0.2, 0) is 0 Å². The van der Waals surface area contributed by atoms with Crippen molar-refractivity contribution in [1.29, 1.82) is 0 Å². The van der Waals surface area contributed by atoms with Crippen LogP contribution in [0.25, 0.3) is 0 Å². The van der Waals surface area contributed by atoms with Crippen molar-refractivity contribution < 1.29 is 4.79 Å². The van der Waals surface area contributed by atoms with E-state index in [4.69, 9.17) is 0 Å². The summed E-state index contributed by atoms with van der Waals surface area (Å²) in [4.78, 5) is 12.0. The van der Waals surface area contributed by atoms with Crippen LogP contribution in [-0.4, -0.2) is 11.9 Å². The van der Waals surface area contributed by atoms with Gasteiger partial charge in [-0.1, -0.05) is 26.3 Å². The predicted octanol–water partition coefficient (Wildman–Crippen LogP) is 3.85. The van der Waals surface area contributed by atoms with Gasteiger partial charge in [0.15, 0.2) is 0 Å². The molecule has 0 bridgehead atoms. The summed E-state index contributed by atoms with van der Waals surface area (Å²) in [5, 5.41) is 3.05. The van der Waals surface area contributed by atoms with Gasteiger partial charge in [-0.3, -0.25) is 4.79 Å². The Kier molecular flexibility index (Phi) is 5.95. The van der Waals surface area contributed by atoms with Gasteiger partial charge < -0.3 is 5.32 Å². The Morgan fingerprint density at radius 3 is 2.71 bits per heavy atom. The number of benzene rings is 1. The monoisotopic (exact) mass is 345 g/mol. The molecule has 1 aromatic rings. The number of nitrogens with one attached hydrogen (secondary N) is 1. The third-order valence-electron chi connectivity index (χ3n) is 2.92. The molecule has 2 nitrogen and oxygen atoms in total. The van der Waals surface area contributed by atoms with Crippen molar-refractivity contribution in [3.05, 3.63) is 33.4 Å². The van der Waals surface area contributed by atoms with Gasteiger partial charge in [0.25, 0.3) is 5.91 Å². The molecule has 17 heavy (non-hydrogen) atoms. The van der Waals surface area contributed by atoms with Crippen molar-refractivity contribution in [1.82, 2.24) is 5.32 Å². The van der Waals surface area contributed by atoms with Crippen molar-refractivity contribution >= 4 is 28.5 Å². The molecule has 0 saturated heterocycles. The lowest BCUT2D eigenvalue weighted by atomic mass is 10.0. The number of rotatable bonds is 5. The molecule has 0 fully saturated rings. The van der Waals surface area contributed by atoms with Gasteiger partial charge in [0, 0.05) is 15.2 Å². The molecular weight excluding hydrogens is 325 g/mol. The molecule has 0 aromatic heterocycles. The zero-order chi connectivity index (χ0) is 12.8. The summed E-state index contributed by atoms with van der Waals surface area (Å²) in [6.07, 6.45) is 2.19. The van der Waals surface area contributed by atoms with Crippen molar-refractivity contribution in [2.24, 2.45) is 5.92 Å². The lowest BCUT2D eigenvalue weighted by molar-refractivity contribution is 0.0935. The summed E-state index contributed by atoms with van der Waals surface area (Å²) in [6.45, 7) is 6.46. The normalized spacial score (nSPS) is 14.1. The smallest absolute Gasteiger partial charge is 0.251 e. The van der Waals surface area contributed by atoms with Gasteiger partial charge in [-0.2, -0.15) is 0 Å². The number of hydrogen-bond donors (Lipinski definition) is 1. The third kappa shape index (κ3) is 5.06. The zero-order valence-corrected chi connectivity index (χ0v) is 12.8. The van der Waals surface area contributed by atoms with Gasteiger partial charge >= 0.3 is 0 Å². The molecule has 0 saturated carbocycles. The third-order valence-corrected chi connectivity index (χ3v) is 3.59. The summed E-state index contributed by atoms with van der Waals surface area (Å²) < 4.78 is 1.09. The quantitative estimate of drug-likeness (QED) is 0.807. The second-order valence-electron chi connectivity index (χ2n) is 4.63. The first-order chi connectivity index (χ1) is 8.02. The van der Waals surface area contributed by atoms with Crippen LogP contribution in [0, 0.1) is 9.49 Å². The Morgan fingerprint density at radius 2 is 2.12 bits per heavy atom. The Bertz CT molecular complexity index is 378. The van der Waals surface area contributed by atoms with Crippen LogP contribution < -0.4 is 5.32 Å². The molecule has 1 amide bonds. The standard InChI is InChI=1S/C14H20INO/c1-4-10(2)8-11(3)16-14(17)12-6-5-7-13(15)9-12/h5-7,9-11H,4,8H2,1-3H3,(H,16,17). The maximum Gasteiger partial charge on any atom is 0.251 e. The van der Waals surface area contributed by atoms with Gasteiger partial charge in [0.05, 0.1) is 0 Å². The van der Waals surface area contributed by atoms with E-state index < -0.39 is 0 Å². The van der Waals surface area contributed by atoms with E-state index in [0.29, 0.717) is 5.92 Å². The van der Waals surface area contributed by atoms with E-state index in [1.807, 2.05) is 24.3 Å². The summed E-state index contributed by atoms with van der Waals surface area (Å²) in [5.74, 6) is 0.681. The highest BCUT2D eigenvalue weighted by molar-refractivity contribution is 14.1. The minimum absolute atomic E-state index is 0.0271. The zero-order valence-electron chi connectivity index (χ0n) is 10.7. The molecule has 3 heteroatoms. The molecule has 0 heterocycles. The molecule has 1 aromatic carbocycles. The first-order valence-electron chi connectivity index (χ1n) is 6.09. The molecule has 2 atom stereocenters. The Labute approximate surface area is 117 Å². The predicted molar refractivity (Wildman–Crippen MR) is 80.2 cm³/mol. The fourth-order valence-corrected chi connectivity index (χ4v) is 2.31. The molecular formula is C14H20INO. The van der Waals surface area contributed by atoms with Crippen LogP contribution in [0.3, 0.4) is 0 Å². The molecule has 1 N–H and O–H groups in total. The summed E-state index contributed by atoms with van der Waals surface area (Å²) >= 11 is 2.22. The van der Waals surface area contributed by atoms with Gasteiger partial charge in [0.2, 0.25) is 0 Å². The van der Waals surface area contributed by atoms with Crippen molar-refractivity contribution in [2.45, 2.75) is 39.7 Å². The molecule has 94 valence electrons. The second-order valence-corrected chi connectivity index (χ2v) is 5.88. The van der Waals surface area contributed by atoms with Gasteiger partial charge in [-0.15, -0.1) is 0 Å². The van der Waals surface area contributed by atoms with Crippen LogP contribution in [0.5, 0.6) is 0 Å². The van der Waals surface area contributed by atoms with E-state index in [0.717, 1.165) is 22.0 Å². The maximum atomic E-state index is 12.0. The number of carbonyl (C=O) groups is 1. The SMILES string of the molecule is CCC(C)CC(C)NC(=O)c1cccc(I)c1. The number of halogens is 1. The lowest BCUT2D eigenvalue weighted by Gasteiger charge is -2.17. The fourth-order valence-electron chi connectivity index (χ4n) is 1.77. The Hall–Kier alpha value is -0.580. The lowest BCUT2D eigenvalue weighted by Crippen LogP contribution is -2.33. The second kappa shape index (κ2) is 6.99. The van der Waals surface area contributed by atoms with E-state index in [-0.39, 0.29) is 11.9 Å². The first kappa shape index (κ1) is 14.5. The molecule has 0 aliphatic carbocycles. The molecule has 0 aliphatic heterocycles. The topological polar surface area (TPSA) is 29.1 Å². The van der Waals surface area contributed by atoms with E-state index >= 15 is 0 Å². The van der Waals surface area contributed by atoms with Crippen LogP contribution in [0.2, 0.25) is 0 Å². The van der Waals surface area contributed by atoms with Gasteiger partial charge in [-0.05, 0) is 60.1 Å². The maximum absolute atomic E-state index is 12.0. The Morgan fingerprint density at radius 1 is 1.41 bits per heavy atom. The highest BCUT2D eigenvalue weighted by Gasteiger charge is 2.12. The van der Waals surface area contributed by atoms with Gasteiger partial charge in [-0.25, -0.2) is 0 Å². The molecule has 2 unspecified atom stereocenters. The molecule has 1 rings (SSSR count). The minimum atomic E-state index is 0.0271. The largest absolute Gasteiger partial charge is 0.350 e. The minimum Gasteiger partial charge on any atom is -0.350 e. The molecule has 0 radical (unpaired) electrons. The molecule has 0 aliphatic rings. The van der Waals surface area contributed by atoms with E-state index in [2.05, 4.69) is 48.7 Å². The van der Waals surface area contributed by atoms with Crippen LogP contribution in [0.4, 0.5) is 0 Å². The van der Waals surface area contributed by atoms with Crippen molar-refractivity contribution in [2.75, 3.05) is 0 Å². The highest BCUT2D eigenvalue weighted by Crippen LogP contribution is 2.11. The highest BCUT2D eigenvalue weighted by atomic mass is 127. The van der Waals surface area contributed by atoms with E-state index in [9.17, 15) is 4.79 Å². The van der Waals surface area contributed by atoms with Crippen LogP contribution >= 0.6 is 22.6 Å². The number of hydrogen-bond acceptors (Lipinski definition) is 1. The Balaban J connectivity index is 2.54. The first-order valence-corrected chi connectivity index (χ1v) is 7.17. The molecule has 0 spiro atoms. The number of carbonyl (C=O) groups excluding carboxylic acids is 1. The number of amides is 1.